The molecule has 0 aromatic carbocycles. The van der Waals surface area contributed by atoms with Gasteiger partial charge in [0.25, 0.3) is 0 Å². The highest BCUT2D eigenvalue weighted by molar-refractivity contribution is 5.96. The Morgan fingerprint density at radius 1 is 1.29 bits per heavy atom. The quantitative estimate of drug-likeness (QED) is 0.718. The molecule has 0 radical (unpaired) electrons. The van der Waals surface area contributed by atoms with Crippen molar-refractivity contribution in [2.75, 3.05) is 11.9 Å². The lowest BCUT2D eigenvalue weighted by Gasteiger charge is -2.15. The van der Waals surface area contributed by atoms with E-state index in [2.05, 4.69) is 20.6 Å². The van der Waals surface area contributed by atoms with Crippen LogP contribution in [0.4, 0.5) is 5.69 Å². The van der Waals surface area contributed by atoms with Crippen LogP contribution < -0.4 is 16.4 Å². The summed E-state index contributed by atoms with van der Waals surface area (Å²) in [4.78, 5) is 32.3. The van der Waals surface area contributed by atoms with E-state index in [4.69, 9.17) is 5.73 Å². The number of imidazole rings is 1. The van der Waals surface area contributed by atoms with Crippen LogP contribution in [0.1, 0.15) is 19.7 Å². The van der Waals surface area contributed by atoms with Crippen molar-refractivity contribution < 1.29 is 9.59 Å². The average Bonchev–Trinajstić information content (AvgIpc) is 2.98. The number of nitrogens with one attached hydrogen (secondary N) is 2. The van der Waals surface area contributed by atoms with Crippen LogP contribution in [0.25, 0.3) is 5.82 Å². The number of nitrogens with two attached hydrogens (primary N) is 1. The first-order chi connectivity index (χ1) is 11.4. The largest absolute Gasteiger partial charge is 0.346 e. The number of carbonyl (C=O) groups excluding carboxylic acids is 2. The van der Waals surface area contributed by atoms with Crippen LogP contribution in [0.5, 0.6) is 0 Å². The summed E-state index contributed by atoms with van der Waals surface area (Å²) < 4.78 is 1.77. The van der Waals surface area contributed by atoms with Gasteiger partial charge in [-0.15, -0.1) is 0 Å². The van der Waals surface area contributed by atoms with E-state index in [1.165, 1.54) is 0 Å². The highest BCUT2D eigenvalue weighted by atomic mass is 16.2. The molecule has 2 aromatic rings. The monoisotopic (exact) mass is 330 g/mol. The minimum Gasteiger partial charge on any atom is -0.346 e. The molecule has 0 aliphatic heterocycles. The van der Waals surface area contributed by atoms with Crippen molar-refractivity contribution in [3.63, 3.8) is 0 Å². The third kappa shape index (κ3) is 4.17. The van der Waals surface area contributed by atoms with Crippen LogP contribution in [0.2, 0.25) is 0 Å². The summed E-state index contributed by atoms with van der Waals surface area (Å²) in [5.74, 6) is 0.608. The van der Waals surface area contributed by atoms with Crippen molar-refractivity contribution >= 4 is 17.5 Å². The molecular formula is C16H22N6O2. The molecule has 128 valence electrons. The summed E-state index contributed by atoms with van der Waals surface area (Å²) in [6, 6.07) is 2.82. The minimum absolute atomic E-state index is 0.00204. The van der Waals surface area contributed by atoms with Crippen molar-refractivity contribution in [2.45, 2.75) is 26.8 Å². The molecular weight excluding hydrogens is 308 g/mol. The zero-order valence-electron chi connectivity index (χ0n) is 14.0. The number of hydrogen-bond acceptors (Lipinski definition) is 5. The lowest BCUT2D eigenvalue weighted by Crippen LogP contribution is -2.46. The van der Waals surface area contributed by atoms with Gasteiger partial charge in [-0.1, -0.05) is 13.8 Å². The Kier molecular flexibility index (Phi) is 5.64. The Hall–Kier alpha value is -2.74. The van der Waals surface area contributed by atoms with Crippen LogP contribution in [0, 0.1) is 12.8 Å². The van der Waals surface area contributed by atoms with Crippen LogP contribution >= 0.6 is 0 Å². The number of hydrogen-bond donors (Lipinski definition) is 3. The molecule has 0 saturated heterocycles. The number of rotatable bonds is 6. The summed E-state index contributed by atoms with van der Waals surface area (Å²) in [6.07, 6.45) is 5.05. The number of aromatic nitrogens is 3. The summed E-state index contributed by atoms with van der Waals surface area (Å²) >= 11 is 0. The SMILES string of the molecule is Cc1nccn1-c1ncccc1NC(=O)CNC(=O)[C@@H](N)C(C)C. The van der Waals surface area contributed by atoms with E-state index in [0.29, 0.717) is 11.5 Å². The smallest absolute Gasteiger partial charge is 0.243 e. The van der Waals surface area contributed by atoms with Gasteiger partial charge in [0, 0.05) is 18.6 Å². The number of carbonyl (C=O) groups is 2. The van der Waals surface area contributed by atoms with Gasteiger partial charge in [-0.3, -0.25) is 14.2 Å². The van der Waals surface area contributed by atoms with Crippen molar-refractivity contribution in [2.24, 2.45) is 11.7 Å². The molecule has 1 atom stereocenters. The molecule has 0 bridgehead atoms. The topological polar surface area (TPSA) is 115 Å². The normalized spacial score (nSPS) is 12.0. The molecule has 2 heterocycles. The zero-order valence-corrected chi connectivity index (χ0v) is 14.0. The summed E-state index contributed by atoms with van der Waals surface area (Å²) in [5.41, 5.74) is 6.27. The third-order valence-corrected chi connectivity index (χ3v) is 3.56. The maximum absolute atomic E-state index is 12.1. The molecule has 24 heavy (non-hydrogen) atoms. The Bertz CT molecular complexity index is 725. The molecule has 0 fully saturated rings. The fourth-order valence-electron chi connectivity index (χ4n) is 2.07. The first-order valence-corrected chi connectivity index (χ1v) is 7.68. The average molecular weight is 330 g/mol. The van der Waals surface area contributed by atoms with Crippen LogP contribution in [-0.4, -0.2) is 38.9 Å². The number of nitrogens with zero attached hydrogens (tertiary/aromatic N) is 3. The number of aryl methyl sites for hydroxylation is 1. The van der Waals surface area contributed by atoms with E-state index in [1.54, 1.807) is 35.3 Å². The number of pyridine rings is 1. The first kappa shape index (κ1) is 17.6. The van der Waals surface area contributed by atoms with Crippen molar-refractivity contribution in [3.05, 3.63) is 36.5 Å². The summed E-state index contributed by atoms with van der Waals surface area (Å²) in [5, 5.41) is 5.28. The molecule has 8 heteroatoms. The second-order valence-corrected chi connectivity index (χ2v) is 5.75. The second kappa shape index (κ2) is 7.69. The lowest BCUT2D eigenvalue weighted by molar-refractivity contribution is -0.125. The van der Waals surface area contributed by atoms with E-state index < -0.39 is 6.04 Å². The fraction of sp³-hybridized carbons (Fsp3) is 0.375. The Labute approximate surface area is 140 Å². The number of anilines is 1. The minimum atomic E-state index is -0.639. The Balaban J connectivity index is 2.03. The maximum atomic E-state index is 12.1. The van der Waals surface area contributed by atoms with Gasteiger partial charge in [-0.25, -0.2) is 9.97 Å². The predicted molar refractivity (Wildman–Crippen MR) is 90.5 cm³/mol. The van der Waals surface area contributed by atoms with Crippen molar-refractivity contribution in [1.29, 1.82) is 0 Å². The molecule has 4 N–H and O–H groups in total. The zero-order chi connectivity index (χ0) is 17.7. The van der Waals surface area contributed by atoms with E-state index in [0.717, 1.165) is 5.82 Å². The van der Waals surface area contributed by atoms with Crippen molar-refractivity contribution in [1.82, 2.24) is 19.9 Å². The van der Waals surface area contributed by atoms with Gasteiger partial charge >= 0.3 is 0 Å². The van der Waals surface area contributed by atoms with E-state index >= 15 is 0 Å². The van der Waals surface area contributed by atoms with Crippen LogP contribution in [-0.2, 0) is 9.59 Å². The van der Waals surface area contributed by atoms with E-state index in [1.807, 2.05) is 20.8 Å². The van der Waals surface area contributed by atoms with Crippen LogP contribution in [0.3, 0.4) is 0 Å². The molecule has 2 aromatic heterocycles. The van der Waals surface area contributed by atoms with E-state index in [-0.39, 0.29) is 24.3 Å². The van der Waals surface area contributed by atoms with Gasteiger partial charge in [0.15, 0.2) is 5.82 Å². The lowest BCUT2D eigenvalue weighted by atomic mass is 10.1. The van der Waals surface area contributed by atoms with Gasteiger partial charge in [0.1, 0.15) is 5.82 Å². The molecule has 0 spiro atoms. The summed E-state index contributed by atoms with van der Waals surface area (Å²) in [7, 11) is 0. The maximum Gasteiger partial charge on any atom is 0.243 e. The number of amides is 2. The van der Waals surface area contributed by atoms with Gasteiger partial charge in [0.05, 0.1) is 18.3 Å². The molecule has 2 rings (SSSR count). The molecule has 0 aliphatic rings. The van der Waals surface area contributed by atoms with Gasteiger partial charge in [-0.05, 0) is 25.0 Å². The van der Waals surface area contributed by atoms with Crippen molar-refractivity contribution in [3.8, 4) is 5.82 Å². The molecule has 0 aliphatic carbocycles. The first-order valence-electron chi connectivity index (χ1n) is 7.68. The molecule has 0 saturated carbocycles. The highest BCUT2D eigenvalue weighted by Gasteiger charge is 2.18. The van der Waals surface area contributed by atoms with Gasteiger partial charge in [-0.2, -0.15) is 0 Å². The van der Waals surface area contributed by atoms with E-state index in [9.17, 15) is 9.59 Å². The molecule has 0 unspecified atom stereocenters. The predicted octanol–water partition coefficient (Wildman–Crippen LogP) is 0.614. The third-order valence-electron chi connectivity index (χ3n) is 3.56. The second-order valence-electron chi connectivity index (χ2n) is 5.75. The fourth-order valence-corrected chi connectivity index (χ4v) is 2.07. The summed E-state index contributed by atoms with van der Waals surface area (Å²) in [6.45, 7) is 5.38. The Morgan fingerprint density at radius 3 is 2.67 bits per heavy atom. The molecule has 2 amide bonds. The molecule has 8 nitrogen and oxygen atoms in total. The van der Waals surface area contributed by atoms with Crippen LogP contribution in [0.15, 0.2) is 30.7 Å². The Morgan fingerprint density at radius 2 is 2.04 bits per heavy atom. The standard InChI is InChI=1S/C16H22N6O2/c1-10(2)14(17)16(24)20-9-13(23)21-12-5-4-6-19-15(12)22-8-7-18-11(22)3/h4-8,10,14H,9,17H2,1-3H3,(H,20,24)(H,21,23)/t14-/m0/s1. The van der Waals surface area contributed by atoms with Gasteiger partial charge in [0.2, 0.25) is 11.8 Å². The highest BCUT2D eigenvalue weighted by Crippen LogP contribution is 2.18. The van der Waals surface area contributed by atoms with Gasteiger partial charge < -0.3 is 16.4 Å².